The van der Waals surface area contributed by atoms with Gasteiger partial charge in [-0.15, -0.1) is 39.0 Å². The van der Waals surface area contributed by atoms with Gasteiger partial charge in [0.2, 0.25) is 0 Å². The topological polar surface area (TPSA) is 0 Å². The maximum Gasteiger partial charge on any atom is 0.341 e. The van der Waals surface area contributed by atoms with Crippen molar-refractivity contribution in [3.63, 3.8) is 0 Å². The lowest BCUT2D eigenvalue weighted by Crippen LogP contribution is -2.07. The number of hydrogen-bond acceptors (Lipinski definition) is 0. The summed E-state index contributed by atoms with van der Waals surface area (Å²) in [6.45, 7) is 0. The Balaban J connectivity index is 2.08. The van der Waals surface area contributed by atoms with Gasteiger partial charge in [0.15, 0.2) is 0 Å². The van der Waals surface area contributed by atoms with Gasteiger partial charge in [0.05, 0.1) is 0 Å². The van der Waals surface area contributed by atoms with Crippen LogP contribution in [0.5, 0.6) is 0 Å². The predicted molar refractivity (Wildman–Crippen MR) is 62.7 cm³/mol. The second-order valence-corrected chi connectivity index (χ2v) is 12.3. The van der Waals surface area contributed by atoms with Crippen molar-refractivity contribution in [1.29, 1.82) is 0 Å². The Morgan fingerprint density at radius 1 is 1.23 bits per heavy atom. The number of hydrogen-bond donors (Lipinski definition) is 0. The molecule has 0 nitrogen and oxygen atoms in total. The van der Waals surface area contributed by atoms with E-state index < -0.39 is 6.00 Å². The third kappa shape index (κ3) is 5.61. The smallest absolute Gasteiger partial charge is 0.126 e. The molecule has 0 aliphatic heterocycles. The normalized spacial score (nSPS) is 15.2. The van der Waals surface area contributed by atoms with Crippen LogP contribution in [0.4, 0.5) is 0 Å². The second-order valence-electron chi connectivity index (χ2n) is 3.02. The average Bonchev–Trinajstić information content (AvgIpc) is 2.48. The largest absolute Gasteiger partial charge is 0.341 e. The molecular weight excluding hydrogens is 243 g/mol. The lowest BCUT2D eigenvalue weighted by atomic mass is 10.1. The van der Waals surface area contributed by atoms with Gasteiger partial charge in [-0.3, -0.25) is 0 Å². The lowest BCUT2D eigenvalue weighted by molar-refractivity contribution is 0.796. The highest BCUT2D eigenvalue weighted by atomic mass is 35.8. The van der Waals surface area contributed by atoms with Gasteiger partial charge in [-0.1, -0.05) is 18.6 Å². The molecule has 4 heteroatoms. The van der Waals surface area contributed by atoms with E-state index in [1.165, 1.54) is 5.57 Å². The van der Waals surface area contributed by atoms with Crippen LogP contribution in [0.2, 0.25) is 6.04 Å². The van der Waals surface area contributed by atoms with Crippen LogP contribution in [0.25, 0.3) is 0 Å². The van der Waals surface area contributed by atoms with E-state index in [4.69, 9.17) is 33.2 Å². The summed E-state index contributed by atoms with van der Waals surface area (Å²) in [7, 11) is 0. The van der Waals surface area contributed by atoms with Crippen LogP contribution in [0.15, 0.2) is 29.5 Å². The zero-order chi connectivity index (χ0) is 9.73. The summed E-state index contributed by atoms with van der Waals surface area (Å²) in [5, 5.41) is 0. The van der Waals surface area contributed by atoms with Crippen LogP contribution in [0.3, 0.4) is 0 Å². The van der Waals surface area contributed by atoms with E-state index in [-0.39, 0.29) is 0 Å². The van der Waals surface area contributed by atoms with Gasteiger partial charge in [0.25, 0.3) is 0 Å². The molecule has 1 aliphatic carbocycles. The van der Waals surface area contributed by atoms with Gasteiger partial charge in [-0.05, 0) is 30.5 Å². The molecule has 0 saturated heterocycles. The van der Waals surface area contributed by atoms with Crippen molar-refractivity contribution in [2.45, 2.75) is 25.3 Å². The predicted octanol–water partition coefficient (Wildman–Crippen LogP) is 4.46. The van der Waals surface area contributed by atoms with Crippen molar-refractivity contribution >= 4 is 39.2 Å². The molecular formula is C9H11Cl3Si. The van der Waals surface area contributed by atoms with Crippen molar-refractivity contribution in [3.8, 4) is 0 Å². The van der Waals surface area contributed by atoms with Gasteiger partial charge in [0.1, 0.15) is 0 Å². The Morgan fingerprint density at radius 3 is 2.54 bits per heavy atom. The van der Waals surface area contributed by atoms with Crippen LogP contribution in [-0.2, 0) is 0 Å². The summed E-state index contributed by atoms with van der Waals surface area (Å²) < 4.78 is 0. The molecule has 0 N–H and O–H groups in total. The zero-order valence-corrected chi connectivity index (χ0v) is 10.5. The van der Waals surface area contributed by atoms with E-state index in [1.54, 1.807) is 0 Å². The molecule has 0 amide bonds. The summed E-state index contributed by atoms with van der Waals surface area (Å²) >= 11 is 17.3. The van der Waals surface area contributed by atoms with E-state index in [2.05, 4.69) is 11.8 Å². The van der Waals surface area contributed by atoms with E-state index in [1.807, 2.05) is 12.2 Å². The van der Waals surface area contributed by atoms with E-state index in [0.717, 1.165) is 25.3 Å². The molecule has 1 rings (SSSR count). The lowest BCUT2D eigenvalue weighted by Gasteiger charge is -2.06. The minimum Gasteiger partial charge on any atom is -0.126 e. The number of unbranched alkanes of at least 4 members (excludes halogenated alkanes) is 1. The van der Waals surface area contributed by atoms with Gasteiger partial charge >= 0.3 is 6.00 Å². The Kier molecular flexibility index (Phi) is 4.64. The highest BCUT2D eigenvalue weighted by Crippen LogP contribution is 2.27. The fourth-order valence-corrected chi connectivity index (χ4v) is 3.02. The first-order chi connectivity index (χ1) is 6.08. The molecule has 0 aromatic carbocycles. The molecule has 0 aromatic rings. The summed E-state index contributed by atoms with van der Waals surface area (Å²) in [5.74, 6) is 0. The number of halogens is 3. The number of rotatable bonds is 5. The highest BCUT2D eigenvalue weighted by molar-refractivity contribution is 7.64. The molecule has 1 aliphatic rings. The standard InChI is InChI=1S/C9H11Cl3Si/c10-13(11,12)8-4-3-7-9-5-1-2-6-9/h1-2,5H,3-4,7-8H2. The summed E-state index contributed by atoms with van der Waals surface area (Å²) in [5.41, 5.74) is 4.40. The van der Waals surface area contributed by atoms with Crippen LogP contribution in [-0.4, -0.2) is 6.00 Å². The Hall–Kier alpha value is 0.347. The minimum atomic E-state index is -2.37. The number of allylic oxidation sites excluding steroid dienone is 3. The van der Waals surface area contributed by atoms with E-state index in [9.17, 15) is 0 Å². The highest BCUT2D eigenvalue weighted by Gasteiger charge is 2.23. The first-order valence-electron chi connectivity index (χ1n) is 4.27. The zero-order valence-electron chi connectivity index (χ0n) is 7.19. The summed E-state index contributed by atoms with van der Waals surface area (Å²) in [6.07, 6.45) is 9.14. The van der Waals surface area contributed by atoms with Crippen LogP contribution in [0, 0.1) is 0 Å². The van der Waals surface area contributed by atoms with Gasteiger partial charge in [-0.2, -0.15) is 0 Å². The van der Waals surface area contributed by atoms with Crippen molar-refractivity contribution in [2.24, 2.45) is 0 Å². The molecule has 0 unspecified atom stereocenters. The molecule has 0 heterocycles. The second kappa shape index (κ2) is 5.28. The molecule has 0 radical (unpaired) electrons. The van der Waals surface area contributed by atoms with Crippen molar-refractivity contribution in [1.82, 2.24) is 0 Å². The minimum absolute atomic E-state index is 0.762. The molecule has 0 fully saturated rings. The Morgan fingerprint density at radius 2 is 2.00 bits per heavy atom. The molecule has 0 bridgehead atoms. The van der Waals surface area contributed by atoms with Crippen molar-refractivity contribution in [2.75, 3.05) is 0 Å². The van der Waals surface area contributed by atoms with Crippen LogP contribution < -0.4 is 0 Å². The third-order valence-electron chi connectivity index (χ3n) is 1.82. The molecule has 0 spiro atoms. The van der Waals surface area contributed by atoms with Gasteiger partial charge < -0.3 is 0 Å². The maximum absolute atomic E-state index is 5.76. The summed E-state index contributed by atoms with van der Waals surface area (Å²) in [4.78, 5) is 0. The fraction of sp³-hybridized carbons (Fsp3) is 0.444. The van der Waals surface area contributed by atoms with E-state index >= 15 is 0 Å². The molecule has 0 atom stereocenters. The quantitative estimate of drug-likeness (QED) is 0.294. The van der Waals surface area contributed by atoms with Crippen LogP contribution in [0.1, 0.15) is 19.3 Å². The third-order valence-corrected chi connectivity index (χ3v) is 4.44. The average molecular weight is 254 g/mol. The fourth-order valence-electron chi connectivity index (χ4n) is 1.16. The van der Waals surface area contributed by atoms with Crippen molar-refractivity contribution < 1.29 is 0 Å². The van der Waals surface area contributed by atoms with Gasteiger partial charge in [0, 0.05) is 0 Å². The van der Waals surface area contributed by atoms with Crippen LogP contribution >= 0.6 is 33.2 Å². The molecule has 0 saturated carbocycles. The van der Waals surface area contributed by atoms with Gasteiger partial charge in [-0.25, -0.2) is 0 Å². The van der Waals surface area contributed by atoms with Crippen molar-refractivity contribution in [3.05, 3.63) is 29.5 Å². The Labute approximate surface area is 94.0 Å². The van der Waals surface area contributed by atoms with E-state index in [0.29, 0.717) is 0 Å². The first-order valence-corrected chi connectivity index (χ1v) is 9.51. The molecule has 72 valence electrons. The molecule has 13 heavy (non-hydrogen) atoms. The first kappa shape index (κ1) is 11.4. The Bertz CT molecular complexity index is 257. The SMILES string of the molecule is Cl[Si](Cl)(Cl)CCCCC1=C=CC=C1. The monoisotopic (exact) mass is 252 g/mol. The molecule has 0 aromatic heterocycles. The maximum atomic E-state index is 5.76. The summed E-state index contributed by atoms with van der Waals surface area (Å²) in [6, 6.07) is -1.61.